The lowest BCUT2D eigenvalue weighted by Gasteiger charge is -2.16. The van der Waals surface area contributed by atoms with Crippen LogP contribution in [0.15, 0.2) is 54.6 Å². The minimum atomic E-state index is -0.172. The molecular formula is C19H21NO3. The number of para-hydroxylation sites is 2. The van der Waals surface area contributed by atoms with Crippen molar-refractivity contribution in [1.29, 1.82) is 0 Å². The highest BCUT2D eigenvalue weighted by molar-refractivity contribution is 5.92. The lowest BCUT2D eigenvalue weighted by molar-refractivity contribution is -0.117. The number of amides is 1. The van der Waals surface area contributed by atoms with Crippen molar-refractivity contribution in [3.05, 3.63) is 65.7 Å². The summed E-state index contributed by atoms with van der Waals surface area (Å²) >= 11 is 0. The summed E-state index contributed by atoms with van der Waals surface area (Å²) in [5, 5.41) is 2.93. The number of rotatable bonds is 6. The van der Waals surface area contributed by atoms with E-state index < -0.39 is 0 Å². The fraction of sp³-hybridized carbons (Fsp3) is 0.211. The topological polar surface area (TPSA) is 47.6 Å². The van der Waals surface area contributed by atoms with Crippen LogP contribution >= 0.6 is 0 Å². The van der Waals surface area contributed by atoms with E-state index in [1.165, 1.54) is 6.08 Å². The minimum Gasteiger partial charge on any atom is -0.496 e. The predicted octanol–water partition coefficient (Wildman–Crippen LogP) is 3.59. The number of hydrogen-bond donors (Lipinski definition) is 1. The summed E-state index contributed by atoms with van der Waals surface area (Å²) in [4.78, 5) is 12.1. The first-order valence-electron chi connectivity index (χ1n) is 7.40. The van der Waals surface area contributed by atoms with Crippen LogP contribution < -0.4 is 14.8 Å². The summed E-state index contributed by atoms with van der Waals surface area (Å²) in [6.45, 7) is 1.92. The molecule has 0 fully saturated rings. The quantitative estimate of drug-likeness (QED) is 0.829. The smallest absolute Gasteiger partial charge is 0.244 e. The summed E-state index contributed by atoms with van der Waals surface area (Å²) in [5.41, 5.74) is 1.80. The molecule has 0 aliphatic carbocycles. The molecule has 0 bridgehead atoms. The SMILES string of the molecule is COc1ccccc1/C=C/C(=O)N[C@H](C)c1ccccc1OC. The third kappa shape index (κ3) is 4.36. The monoisotopic (exact) mass is 311 g/mol. The first kappa shape index (κ1) is 16.6. The van der Waals surface area contributed by atoms with E-state index in [2.05, 4.69) is 5.32 Å². The normalized spacial score (nSPS) is 12.0. The molecule has 0 unspecified atom stereocenters. The maximum absolute atomic E-state index is 12.1. The lowest BCUT2D eigenvalue weighted by atomic mass is 10.1. The summed E-state index contributed by atoms with van der Waals surface area (Å²) in [6, 6.07) is 15.0. The van der Waals surface area contributed by atoms with Crippen LogP contribution in [0, 0.1) is 0 Å². The number of benzene rings is 2. The molecule has 0 saturated carbocycles. The summed E-state index contributed by atoms with van der Waals surface area (Å²) in [7, 11) is 3.23. The van der Waals surface area contributed by atoms with Crippen LogP contribution in [0.1, 0.15) is 24.1 Å². The van der Waals surface area contributed by atoms with Crippen LogP contribution in [0.2, 0.25) is 0 Å². The van der Waals surface area contributed by atoms with Gasteiger partial charge in [0.1, 0.15) is 11.5 Å². The minimum absolute atomic E-state index is 0.152. The van der Waals surface area contributed by atoms with Gasteiger partial charge in [0, 0.05) is 17.2 Å². The highest BCUT2D eigenvalue weighted by atomic mass is 16.5. The molecule has 1 atom stereocenters. The molecule has 23 heavy (non-hydrogen) atoms. The number of methoxy groups -OCH3 is 2. The van der Waals surface area contributed by atoms with Crippen LogP contribution in [0.3, 0.4) is 0 Å². The maximum Gasteiger partial charge on any atom is 0.244 e. The standard InChI is InChI=1S/C19H21NO3/c1-14(16-9-5-7-11-18(16)23-3)20-19(21)13-12-15-8-4-6-10-17(15)22-2/h4-14H,1-3H3,(H,20,21)/b13-12+/t14-/m1/s1. The molecule has 2 aromatic rings. The van der Waals surface area contributed by atoms with Crippen molar-refractivity contribution >= 4 is 12.0 Å². The predicted molar refractivity (Wildman–Crippen MR) is 91.6 cm³/mol. The van der Waals surface area contributed by atoms with E-state index in [1.807, 2.05) is 55.5 Å². The highest BCUT2D eigenvalue weighted by Crippen LogP contribution is 2.24. The van der Waals surface area contributed by atoms with Crippen molar-refractivity contribution in [3.8, 4) is 11.5 Å². The molecule has 0 radical (unpaired) electrons. The number of ether oxygens (including phenoxy) is 2. The number of nitrogens with one attached hydrogen (secondary N) is 1. The molecule has 0 aliphatic rings. The van der Waals surface area contributed by atoms with Crippen LogP contribution in [-0.2, 0) is 4.79 Å². The fourth-order valence-corrected chi connectivity index (χ4v) is 2.33. The molecule has 0 aliphatic heterocycles. The molecular weight excluding hydrogens is 290 g/mol. The van der Waals surface area contributed by atoms with Gasteiger partial charge in [-0.15, -0.1) is 0 Å². The average Bonchev–Trinajstić information content (AvgIpc) is 2.60. The third-order valence-corrected chi connectivity index (χ3v) is 3.52. The van der Waals surface area contributed by atoms with E-state index in [0.29, 0.717) is 0 Å². The van der Waals surface area contributed by atoms with Gasteiger partial charge in [-0.05, 0) is 25.1 Å². The Morgan fingerprint density at radius 1 is 1.00 bits per heavy atom. The molecule has 4 heteroatoms. The second-order valence-corrected chi connectivity index (χ2v) is 5.05. The van der Waals surface area contributed by atoms with Gasteiger partial charge in [-0.1, -0.05) is 36.4 Å². The Bertz CT molecular complexity index is 695. The van der Waals surface area contributed by atoms with E-state index in [4.69, 9.17) is 9.47 Å². The van der Waals surface area contributed by atoms with Crippen molar-refractivity contribution in [1.82, 2.24) is 5.32 Å². The molecule has 0 aromatic heterocycles. The van der Waals surface area contributed by atoms with Gasteiger partial charge in [0.05, 0.1) is 20.3 Å². The van der Waals surface area contributed by atoms with Crippen molar-refractivity contribution < 1.29 is 14.3 Å². The highest BCUT2D eigenvalue weighted by Gasteiger charge is 2.12. The molecule has 0 saturated heterocycles. The fourth-order valence-electron chi connectivity index (χ4n) is 2.33. The van der Waals surface area contributed by atoms with Gasteiger partial charge in [-0.3, -0.25) is 4.79 Å². The largest absolute Gasteiger partial charge is 0.496 e. The first-order chi connectivity index (χ1) is 11.2. The Labute approximate surface area is 136 Å². The Morgan fingerprint density at radius 2 is 1.61 bits per heavy atom. The molecule has 0 spiro atoms. The Balaban J connectivity index is 2.05. The van der Waals surface area contributed by atoms with E-state index >= 15 is 0 Å². The third-order valence-electron chi connectivity index (χ3n) is 3.52. The van der Waals surface area contributed by atoms with Crippen molar-refractivity contribution in [2.45, 2.75) is 13.0 Å². The second kappa shape index (κ2) is 8.03. The number of carbonyl (C=O) groups excluding carboxylic acids is 1. The zero-order valence-corrected chi connectivity index (χ0v) is 13.6. The van der Waals surface area contributed by atoms with Gasteiger partial charge in [0.25, 0.3) is 0 Å². The zero-order valence-electron chi connectivity index (χ0n) is 13.6. The second-order valence-electron chi connectivity index (χ2n) is 5.05. The summed E-state index contributed by atoms with van der Waals surface area (Å²) < 4.78 is 10.6. The molecule has 2 aromatic carbocycles. The van der Waals surface area contributed by atoms with Gasteiger partial charge in [0.2, 0.25) is 5.91 Å². The molecule has 4 nitrogen and oxygen atoms in total. The molecule has 0 heterocycles. The Hall–Kier alpha value is -2.75. The van der Waals surface area contributed by atoms with Gasteiger partial charge in [-0.25, -0.2) is 0 Å². The van der Waals surface area contributed by atoms with E-state index in [-0.39, 0.29) is 11.9 Å². The van der Waals surface area contributed by atoms with E-state index in [1.54, 1.807) is 20.3 Å². The van der Waals surface area contributed by atoms with Gasteiger partial charge in [-0.2, -0.15) is 0 Å². The van der Waals surface area contributed by atoms with Crippen molar-refractivity contribution in [3.63, 3.8) is 0 Å². The summed E-state index contributed by atoms with van der Waals surface area (Å²) in [5.74, 6) is 1.32. The zero-order chi connectivity index (χ0) is 16.7. The van der Waals surface area contributed by atoms with Gasteiger partial charge in [0.15, 0.2) is 0 Å². The average molecular weight is 311 g/mol. The molecule has 120 valence electrons. The first-order valence-corrected chi connectivity index (χ1v) is 7.40. The Morgan fingerprint density at radius 3 is 2.30 bits per heavy atom. The Kier molecular flexibility index (Phi) is 5.80. The van der Waals surface area contributed by atoms with Crippen LogP contribution in [0.5, 0.6) is 11.5 Å². The van der Waals surface area contributed by atoms with Crippen LogP contribution in [0.4, 0.5) is 0 Å². The number of carbonyl (C=O) groups is 1. The van der Waals surface area contributed by atoms with E-state index in [0.717, 1.165) is 22.6 Å². The molecule has 1 N–H and O–H groups in total. The van der Waals surface area contributed by atoms with Crippen molar-refractivity contribution in [2.75, 3.05) is 14.2 Å². The number of hydrogen-bond acceptors (Lipinski definition) is 3. The molecule has 1 amide bonds. The maximum atomic E-state index is 12.1. The van der Waals surface area contributed by atoms with Crippen molar-refractivity contribution in [2.24, 2.45) is 0 Å². The molecule has 2 rings (SSSR count). The van der Waals surface area contributed by atoms with Gasteiger partial charge < -0.3 is 14.8 Å². The van der Waals surface area contributed by atoms with Crippen LogP contribution in [-0.4, -0.2) is 20.1 Å². The van der Waals surface area contributed by atoms with Crippen LogP contribution in [0.25, 0.3) is 6.08 Å². The van der Waals surface area contributed by atoms with E-state index in [9.17, 15) is 4.79 Å². The summed E-state index contributed by atoms with van der Waals surface area (Å²) in [6.07, 6.45) is 3.24. The van der Waals surface area contributed by atoms with Gasteiger partial charge >= 0.3 is 0 Å². The lowest BCUT2D eigenvalue weighted by Crippen LogP contribution is -2.24.